The zero-order valence-corrected chi connectivity index (χ0v) is 7.00. The van der Waals surface area contributed by atoms with Crippen molar-refractivity contribution >= 4 is 0 Å². The molecule has 0 amide bonds. The Morgan fingerprint density at radius 1 is 1.46 bits per heavy atom. The molecule has 0 aliphatic carbocycles. The van der Waals surface area contributed by atoms with Gasteiger partial charge in [0.2, 0.25) is 0 Å². The largest absolute Gasteiger partial charge is 0.307 e. The Balaban J connectivity index is 2.16. The normalized spacial score (nSPS) is 27.8. The van der Waals surface area contributed by atoms with Crippen molar-refractivity contribution in [2.75, 3.05) is 6.54 Å². The monoisotopic (exact) mass is 184 g/mol. The van der Waals surface area contributed by atoms with Crippen LogP contribution < -0.4 is 5.32 Å². The molecule has 1 aliphatic rings. The van der Waals surface area contributed by atoms with Crippen LogP contribution >= 0.6 is 0 Å². The van der Waals surface area contributed by atoms with E-state index in [1.807, 2.05) is 0 Å². The van der Waals surface area contributed by atoms with Gasteiger partial charge in [-0.15, -0.1) is 0 Å². The van der Waals surface area contributed by atoms with Gasteiger partial charge in [0.25, 0.3) is 0 Å². The van der Waals surface area contributed by atoms with E-state index in [2.05, 4.69) is 10.3 Å². The van der Waals surface area contributed by atoms with Gasteiger partial charge in [0.1, 0.15) is 12.0 Å². The molecule has 4 heteroatoms. The molecule has 0 spiro atoms. The lowest BCUT2D eigenvalue weighted by atomic mass is 10.1. The molecule has 2 nitrogen and oxygen atoms in total. The van der Waals surface area contributed by atoms with Gasteiger partial charge >= 0.3 is 0 Å². The molecule has 2 unspecified atom stereocenters. The van der Waals surface area contributed by atoms with Crippen LogP contribution in [0.4, 0.5) is 8.78 Å². The van der Waals surface area contributed by atoms with Crippen molar-refractivity contribution in [3.63, 3.8) is 0 Å². The highest BCUT2D eigenvalue weighted by Crippen LogP contribution is 2.24. The zero-order chi connectivity index (χ0) is 9.26. The second kappa shape index (κ2) is 3.38. The molecule has 2 atom stereocenters. The summed E-state index contributed by atoms with van der Waals surface area (Å²) in [6.45, 7) is 0.348. The van der Waals surface area contributed by atoms with Gasteiger partial charge in [-0.05, 0) is 18.1 Å². The molecular formula is C9H10F2N2. The number of hydrogen-bond acceptors (Lipinski definition) is 2. The molecule has 13 heavy (non-hydrogen) atoms. The molecule has 1 aromatic heterocycles. The van der Waals surface area contributed by atoms with Crippen LogP contribution in [0.25, 0.3) is 0 Å². The highest BCUT2D eigenvalue weighted by Gasteiger charge is 2.24. The van der Waals surface area contributed by atoms with Gasteiger partial charge in [0.15, 0.2) is 0 Å². The van der Waals surface area contributed by atoms with Crippen molar-refractivity contribution in [3.05, 3.63) is 29.8 Å². The maximum absolute atomic E-state index is 12.8. The number of halogens is 2. The third-order valence-corrected chi connectivity index (χ3v) is 2.21. The van der Waals surface area contributed by atoms with E-state index in [-0.39, 0.29) is 11.9 Å². The van der Waals surface area contributed by atoms with Crippen LogP contribution in [0, 0.1) is 5.82 Å². The van der Waals surface area contributed by atoms with Gasteiger partial charge in [0, 0.05) is 18.8 Å². The molecule has 1 N–H and O–H groups in total. The van der Waals surface area contributed by atoms with E-state index in [0.29, 0.717) is 13.0 Å². The van der Waals surface area contributed by atoms with Crippen LogP contribution in [0.5, 0.6) is 0 Å². The molecule has 0 bridgehead atoms. The fourth-order valence-corrected chi connectivity index (χ4v) is 1.57. The third kappa shape index (κ3) is 1.83. The minimum absolute atomic E-state index is 0.0850. The number of alkyl halides is 1. The molecule has 0 saturated carbocycles. The number of hydrogen-bond donors (Lipinski definition) is 1. The van der Waals surface area contributed by atoms with Crippen LogP contribution in [0.2, 0.25) is 0 Å². The van der Waals surface area contributed by atoms with E-state index < -0.39 is 6.17 Å². The Hall–Kier alpha value is -1.03. The lowest BCUT2D eigenvalue weighted by Crippen LogP contribution is -2.14. The van der Waals surface area contributed by atoms with E-state index in [1.165, 1.54) is 6.07 Å². The van der Waals surface area contributed by atoms with E-state index >= 15 is 0 Å². The lowest BCUT2D eigenvalue weighted by molar-refractivity contribution is 0.356. The molecule has 0 radical (unpaired) electrons. The first kappa shape index (κ1) is 8.56. The quantitative estimate of drug-likeness (QED) is 0.717. The number of pyridine rings is 1. The van der Waals surface area contributed by atoms with Crippen molar-refractivity contribution < 1.29 is 8.78 Å². The Morgan fingerprint density at radius 3 is 2.92 bits per heavy atom. The maximum Gasteiger partial charge on any atom is 0.141 e. The summed E-state index contributed by atoms with van der Waals surface area (Å²) >= 11 is 0. The Labute approximate surface area is 75.0 Å². The predicted molar refractivity (Wildman–Crippen MR) is 44.5 cm³/mol. The zero-order valence-electron chi connectivity index (χ0n) is 7.00. The van der Waals surface area contributed by atoms with Crippen molar-refractivity contribution in [1.29, 1.82) is 0 Å². The van der Waals surface area contributed by atoms with Gasteiger partial charge < -0.3 is 5.32 Å². The highest BCUT2D eigenvalue weighted by atomic mass is 19.1. The summed E-state index contributed by atoms with van der Waals surface area (Å²) in [7, 11) is 0. The SMILES string of the molecule is Fc1cncc(C2CC(F)CN2)c1. The summed E-state index contributed by atoms with van der Waals surface area (Å²) < 4.78 is 25.5. The molecule has 2 rings (SSSR count). The van der Waals surface area contributed by atoms with Crippen molar-refractivity contribution in [1.82, 2.24) is 10.3 Å². The van der Waals surface area contributed by atoms with Crippen molar-refractivity contribution in [2.45, 2.75) is 18.6 Å². The first-order chi connectivity index (χ1) is 6.25. The van der Waals surface area contributed by atoms with E-state index in [0.717, 1.165) is 11.8 Å². The summed E-state index contributed by atoms with van der Waals surface area (Å²) in [4.78, 5) is 3.72. The maximum atomic E-state index is 12.8. The first-order valence-electron chi connectivity index (χ1n) is 4.23. The molecule has 0 aromatic carbocycles. The highest BCUT2D eigenvalue weighted by molar-refractivity contribution is 5.16. The van der Waals surface area contributed by atoms with Crippen LogP contribution in [0.15, 0.2) is 18.5 Å². The predicted octanol–water partition coefficient (Wildman–Crippen LogP) is 1.59. The van der Waals surface area contributed by atoms with E-state index in [4.69, 9.17) is 0 Å². The molecular weight excluding hydrogens is 174 g/mol. The minimum atomic E-state index is -0.826. The molecule has 2 heterocycles. The van der Waals surface area contributed by atoms with Gasteiger partial charge in [-0.1, -0.05) is 0 Å². The number of aromatic nitrogens is 1. The van der Waals surface area contributed by atoms with E-state index in [1.54, 1.807) is 6.20 Å². The van der Waals surface area contributed by atoms with Crippen LogP contribution in [0.3, 0.4) is 0 Å². The summed E-state index contributed by atoms with van der Waals surface area (Å²) in [5.74, 6) is -0.374. The van der Waals surface area contributed by atoms with Crippen LogP contribution in [-0.4, -0.2) is 17.7 Å². The van der Waals surface area contributed by atoms with Gasteiger partial charge in [-0.3, -0.25) is 4.98 Å². The minimum Gasteiger partial charge on any atom is -0.307 e. The topological polar surface area (TPSA) is 24.9 Å². The number of nitrogens with zero attached hydrogens (tertiary/aromatic N) is 1. The summed E-state index contributed by atoms with van der Waals surface area (Å²) in [5, 5.41) is 2.97. The summed E-state index contributed by atoms with van der Waals surface area (Å²) in [6, 6.07) is 1.31. The number of nitrogens with one attached hydrogen (secondary N) is 1. The fraction of sp³-hybridized carbons (Fsp3) is 0.444. The standard InChI is InChI=1S/C9H10F2N2/c10-7-1-6(3-12-4-7)9-2-8(11)5-13-9/h1,3-4,8-9,13H,2,5H2. The van der Waals surface area contributed by atoms with Gasteiger partial charge in [-0.25, -0.2) is 8.78 Å². The number of rotatable bonds is 1. The van der Waals surface area contributed by atoms with E-state index in [9.17, 15) is 8.78 Å². The molecule has 1 aromatic rings. The second-order valence-corrected chi connectivity index (χ2v) is 3.23. The second-order valence-electron chi connectivity index (χ2n) is 3.23. The Kier molecular flexibility index (Phi) is 2.22. The summed E-state index contributed by atoms with van der Waals surface area (Å²) in [5.41, 5.74) is 0.722. The molecule has 1 fully saturated rings. The average molecular weight is 184 g/mol. The Bertz CT molecular complexity index is 303. The molecule has 1 aliphatic heterocycles. The van der Waals surface area contributed by atoms with Gasteiger partial charge in [0.05, 0.1) is 6.20 Å². The molecule has 70 valence electrons. The van der Waals surface area contributed by atoms with Gasteiger partial charge in [-0.2, -0.15) is 0 Å². The first-order valence-corrected chi connectivity index (χ1v) is 4.23. The third-order valence-electron chi connectivity index (χ3n) is 2.21. The van der Waals surface area contributed by atoms with Crippen molar-refractivity contribution in [3.8, 4) is 0 Å². The van der Waals surface area contributed by atoms with Crippen molar-refractivity contribution in [2.24, 2.45) is 0 Å². The van der Waals surface area contributed by atoms with Crippen LogP contribution in [0.1, 0.15) is 18.0 Å². The lowest BCUT2D eigenvalue weighted by Gasteiger charge is -2.08. The average Bonchev–Trinajstić information content (AvgIpc) is 2.52. The smallest absolute Gasteiger partial charge is 0.141 e. The molecule has 1 saturated heterocycles. The summed E-state index contributed by atoms with van der Waals surface area (Å²) in [6.07, 6.45) is 2.29. The van der Waals surface area contributed by atoms with Crippen LogP contribution in [-0.2, 0) is 0 Å². The Morgan fingerprint density at radius 2 is 2.31 bits per heavy atom. The fourth-order valence-electron chi connectivity index (χ4n) is 1.57.